The number of hydrogen-bond donors (Lipinski definition) is 3. The number of allylic oxidation sites excluding steroid dienone is 3. The Hall–Kier alpha value is -1.66. The standard InChI is InChI=1S/C72H139NO5/c1-3-5-7-9-11-13-15-16-17-18-36-39-42-46-50-54-58-62-66-72(77)78-67-63-59-55-51-47-43-40-37-34-32-30-28-26-24-22-20-19-21-23-25-27-29-31-33-35-38-41-45-49-53-57-61-65-71(76)73-69(68-74)70(75)64-60-56-52-48-44-14-12-10-8-6-4-2/h22,24,60,64,69-70,74-75H,3-21,23,25-59,61-63,65-68H2,1-2H3,(H,73,76)/b24-22-,64-60+. The zero-order valence-corrected chi connectivity index (χ0v) is 52.9. The third-order valence-corrected chi connectivity index (χ3v) is 16.7. The summed E-state index contributed by atoms with van der Waals surface area (Å²) in [7, 11) is 0. The van der Waals surface area contributed by atoms with Crippen molar-refractivity contribution in [2.45, 2.75) is 411 Å². The van der Waals surface area contributed by atoms with Gasteiger partial charge in [0.05, 0.1) is 25.4 Å². The van der Waals surface area contributed by atoms with Gasteiger partial charge in [0.15, 0.2) is 0 Å². The van der Waals surface area contributed by atoms with Crippen LogP contribution in [-0.2, 0) is 14.3 Å². The molecule has 0 aromatic heterocycles. The topological polar surface area (TPSA) is 95.9 Å². The fourth-order valence-corrected chi connectivity index (χ4v) is 11.3. The van der Waals surface area contributed by atoms with Gasteiger partial charge < -0.3 is 20.3 Å². The number of aliphatic hydroxyl groups excluding tert-OH is 2. The van der Waals surface area contributed by atoms with Crippen LogP contribution in [-0.4, -0.2) is 47.4 Å². The van der Waals surface area contributed by atoms with E-state index < -0.39 is 12.1 Å². The molecular formula is C72H139NO5. The number of rotatable bonds is 67. The molecule has 2 atom stereocenters. The van der Waals surface area contributed by atoms with Crippen LogP contribution in [0, 0.1) is 0 Å². The fraction of sp³-hybridized carbons (Fsp3) is 0.917. The van der Waals surface area contributed by atoms with Crippen molar-refractivity contribution < 1.29 is 24.5 Å². The van der Waals surface area contributed by atoms with Gasteiger partial charge in [-0.25, -0.2) is 0 Å². The predicted octanol–water partition coefficient (Wildman–Crippen LogP) is 22.9. The van der Waals surface area contributed by atoms with Gasteiger partial charge in [0, 0.05) is 12.8 Å². The number of carbonyl (C=O) groups is 2. The van der Waals surface area contributed by atoms with Crippen molar-refractivity contribution in [2.75, 3.05) is 13.2 Å². The Morgan fingerprint density at radius 2 is 0.603 bits per heavy atom. The van der Waals surface area contributed by atoms with Gasteiger partial charge in [0.25, 0.3) is 0 Å². The molecule has 0 saturated carbocycles. The maximum absolute atomic E-state index is 12.4. The molecule has 0 bridgehead atoms. The van der Waals surface area contributed by atoms with Crippen LogP contribution in [0.2, 0.25) is 0 Å². The van der Waals surface area contributed by atoms with E-state index in [-0.39, 0.29) is 18.5 Å². The molecule has 2 unspecified atom stereocenters. The monoisotopic (exact) mass is 1100 g/mol. The number of ether oxygens (including phenoxy) is 1. The Morgan fingerprint density at radius 3 is 0.910 bits per heavy atom. The van der Waals surface area contributed by atoms with Crippen molar-refractivity contribution in [1.82, 2.24) is 5.32 Å². The lowest BCUT2D eigenvalue weighted by Gasteiger charge is -2.20. The number of esters is 1. The zero-order valence-electron chi connectivity index (χ0n) is 52.9. The Balaban J connectivity index is 3.32. The first-order valence-electron chi connectivity index (χ1n) is 35.6. The molecule has 3 N–H and O–H groups in total. The average molecular weight is 1100 g/mol. The number of carbonyl (C=O) groups excluding carboxylic acids is 2. The molecule has 0 heterocycles. The molecule has 1 amide bonds. The minimum absolute atomic E-state index is 0.0229. The molecule has 0 aromatic carbocycles. The normalized spacial score (nSPS) is 12.6. The van der Waals surface area contributed by atoms with E-state index in [0.717, 1.165) is 38.5 Å². The molecule has 0 aromatic rings. The smallest absolute Gasteiger partial charge is 0.305 e. The summed E-state index contributed by atoms with van der Waals surface area (Å²) in [6.45, 7) is 4.93. The lowest BCUT2D eigenvalue weighted by Crippen LogP contribution is -2.45. The van der Waals surface area contributed by atoms with Crippen LogP contribution >= 0.6 is 0 Å². The van der Waals surface area contributed by atoms with E-state index in [1.807, 2.05) is 6.08 Å². The van der Waals surface area contributed by atoms with Crippen LogP contribution in [0.15, 0.2) is 24.3 Å². The van der Waals surface area contributed by atoms with Gasteiger partial charge in [-0.3, -0.25) is 9.59 Å². The van der Waals surface area contributed by atoms with Crippen LogP contribution in [0.1, 0.15) is 399 Å². The third-order valence-electron chi connectivity index (χ3n) is 16.7. The van der Waals surface area contributed by atoms with E-state index in [4.69, 9.17) is 4.74 Å². The van der Waals surface area contributed by atoms with Crippen molar-refractivity contribution in [1.29, 1.82) is 0 Å². The van der Waals surface area contributed by atoms with Gasteiger partial charge in [-0.1, -0.05) is 353 Å². The molecular weight excluding hydrogens is 959 g/mol. The molecule has 0 rings (SSSR count). The van der Waals surface area contributed by atoms with Gasteiger partial charge in [-0.2, -0.15) is 0 Å². The minimum Gasteiger partial charge on any atom is -0.466 e. The molecule has 0 aliphatic rings. The molecule has 0 radical (unpaired) electrons. The number of nitrogens with one attached hydrogen (secondary N) is 1. The second kappa shape index (κ2) is 67.8. The first-order chi connectivity index (χ1) is 38.5. The highest BCUT2D eigenvalue weighted by Crippen LogP contribution is 2.19. The lowest BCUT2D eigenvalue weighted by molar-refractivity contribution is -0.143. The Labute approximate surface area is 488 Å². The molecule has 78 heavy (non-hydrogen) atoms. The lowest BCUT2D eigenvalue weighted by atomic mass is 10.0. The SMILES string of the molecule is CCCCCCCCCCC/C=C/C(O)C(CO)NC(=O)CCCCCCCCCCCCCCCCCC/C=C\CCCCCCCCCCCCCCOC(=O)CCCCCCCCCCCCCCCCCCCC. The maximum Gasteiger partial charge on any atom is 0.305 e. The maximum atomic E-state index is 12.4. The van der Waals surface area contributed by atoms with E-state index in [1.54, 1.807) is 6.08 Å². The first kappa shape index (κ1) is 76.3. The van der Waals surface area contributed by atoms with Crippen LogP contribution in [0.3, 0.4) is 0 Å². The summed E-state index contributed by atoms with van der Waals surface area (Å²) in [6.07, 6.45) is 85.6. The summed E-state index contributed by atoms with van der Waals surface area (Å²) in [5.74, 6) is -0.0420. The van der Waals surface area contributed by atoms with Crippen LogP contribution in [0.5, 0.6) is 0 Å². The summed E-state index contributed by atoms with van der Waals surface area (Å²) >= 11 is 0. The Bertz CT molecular complexity index is 1220. The van der Waals surface area contributed by atoms with Crippen molar-refractivity contribution >= 4 is 11.9 Å². The highest BCUT2D eigenvalue weighted by Gasteiger charge is 2.18. The molecule has 6 heteroatoms. The van der Waals surface area contributed by atoms with E-state index in [1.165, 1.54) is 334 Å². The first-order valence-corrected chi connectivity index (χ1v) is 35.6. The van der Waals surface area contributed by atoms with Crippen molar-refractivity contribution in [3.05, 3.63) is 24.3 Å². The number of aliphatic hydroxyl groups is 2. The molecule has 0 saturated heterocycles. The number of unbranched alkanes of at least 4 members (excludes halogenated alkanes) is 54. The molecule has 0 aliphatic heterocycles. The summed E-state index contributed by atoms with van der Waals surface area (Å²) in [6, 6.07) is -0.624. The van der Waals surface area contributed by atoms with Gasteiger partial charge in [0.1, 0.15) is 0 Å². The minimum atomic E-state index is -0.841. The largest absolute Gasteiger partial charge is 0.466 e. The molecule has 0 fully saturated rings. The van der Waals surface area contributed by atoms with Gasteiger partial charge in [-0.15, -0.1) is 0 Å². The van der Waals surface area contributed by atoms with Crippen molar-refractivity contribution in [3.63, 3.8) is 0 Å². The molecule has 6 nitrogen and oxygen atoms in total. The van der Waals surface area contributed by atoms with E-state index >= 15 is 0 Å². The van der Waals surface area contributed by atoms with Crippen LogP contribution in [0.25, 0.3) is 0 Å². The van der Waals surface area contributed by atoms with Gasteiger partial charge in [0.2, 0.25) is 5.91 Å². The van der Waals surface area contributed by atoms with Crippen LogP contribution < -0.4 is 5.32 Å². The quantitative estimate of drug-likeness (QED) is 0.0320. The summed E-state index contributed by atoms with van der Waals surface area (Å²) in [5.41, 5.74) is 0. The zero-order chi connectivity index (χ0) is 56.4. The van der Waals surface area contributed by atoms with E-state index in [9.17, 15) is 19.8 Å². The average Bonchev–Trinajstić information content (AvgIpc) is 3.44. The van der Waals surface area contributed by atoms with Gasteiger partial charge >= 0.3 is 5.97 Å². The van der Waals surface area contributed by atoms with E-state index in [2.05, 4.69) is 31.3 Å². The fourth-order valence-electron chi connectivity index (χ4n) is 11.3. The molecule has 462 valence electrons. The second-order valence-corrected chi connectivity index (χ2v) is 24.6. The highest BCUT2D eigenvalue weighted by atomic mass is 16.5. The highest BCUT2D eigenvalue weighted by molar-refractivity contribution is 5.76. The summed E-state index contributed by atoms with van der Waals surface area (Å²) < 4.78 is 5.51. The second-order valence-electron chi connectivity index (χ2n) is 24.6. The Kier molecular flexibility index (Phi) is 66.4. The van der Waals surface area contributed by atoms with E-state index in [0.29, 0.717) is 19.4 Å². The van der Waals surface area contributed by atoms with Crippen molar-refractivity contribution in [3.8, 4) is 0 Å². The van der Waals surface area contributed by atoms with Gasteiger partial charge in [-0.05, 0) is 57.8 Å². The summed E-state index contributed by atoms with van der Waals surface area (Å²) in [4.78, 5) is 24.5. The molecule has 0 spiro atoms. The summed E-state index contributed by atoms with van der Waals surface area (Å²) in [5, 5.41) is 23.1. The number of amides is 1. The Morgan fingerprint density at radius 1 is 0.346 bits per heavy atom. The molecule has 0 aliphatic carbocycles. The van der Waals surface area contributed by atoms with Crippen LogP contribution in [0.4, 0.5) is 0 Å². The number of hydrogen-bond acceptors (Lipinski definition) is 5. The third kappa shape index (κ3) is 63.5. The van der Waals surface area contributed by atoms with Crippen molar-refractivity contribution in [2.24, 2.45) is 0 Å². The predicted molar refractivity (Wildman–Crippen MR) is 343 cm³/mol.